The number of hydrogen-bond donors (Lipinski definition) is 1. The van der Waals surface area contributed by atoms with Gasteiger partial charge in [-0.1, -0.05) is 48.0 Å². The second-order valence-corrected chi connectivity index (χ2v) is 9.89. The molecule has 4 aromatic rings. The molecule has 4 aromatic carbocycles. The number of benzene rings is 4. The third-order valence-electron chi connectivity index (χ3n) is 6.46. The highest BCUT2D eigenvalue weighted by atomic mass is 35.5. The minimum absolute atomic E-state index is 0.128. The highest BCUT2D eigenvalue weighted by Crippen LogP contribution is 2.39. The zero-order valence-corrected chi connectivity index (χ0v) is 22.6. The quantitative estimate of drug-likeness (QED) is 0.184. The number of hydrogen-bond acceptors (Lipinski definition) is 2. The van der Waals surface area contributed by atoms with Crippen LogP contribution in [0, 0.1) is 17.5 Å². The fourth-order valence-electron chi connectivity index (χ4n) is 4.44. The van der Waals surface area contributed by atoms with Gasteiger partial charge in [0.1, 0.15) is 23.2 Å². The van der Waals surface area contributed by atoms with Crippen LogP contribution in [0.25, 0.3) is 0 Å². The van der Waals surface area contributed by atoms with Gasteiger partial charge in [-0.2, -0.15) is 30.7 Å². The van der Waals surface area contributed by atoms with Gasteiger partial charge in [0.15, 0.2) is 0 Å². The summed E-state index contributed by atoms with van der Waals surface area (Å²) in [5, 5.41) is 1.92. The molecule has 3 nitrogen and oxygen atoms in total. The van der Waals surface area contributed by atoms with Gasteiger partial charge in [0.2, 0.25) is 0 Å². The summed E-state index contributed by atoms with van der Waals surface area (Å²) in [6.45, 7) is 0. The molecule has 1 atom stereocenters. The summed E-state index contributed by atoms with van der Waals surface area (Å²) >= 11 is 6.00. The van der Waals surface area contributed by atoms with Crippen molar-refractivity contribution in [3.05, 3.63) is 135 Å². The van der Waals surface area contributed by atoms with Gasteiger partial charge >= 0.3 is 18.7 Å². The summed E-state index contributed by atoms with van der Waals surface area (Å²) in [5.41, 5.74) is -4.86. The Bertz CT molecular complexity index is 1660. The topological polar surface area (TPSA) is 38.3 Å². The lowest BCUT2D eigenvalue weighted by atomic mass is 9.77. The minimum Gasteiger partial charge on any atom is -0.428 e. The molecule has 0 bridgehead atoms. The van der Waals surface area contributed by atoms with Crippen LogP contribution in [0.2, 0.25) is 5.02 Å². The van der Waals surface area contributed by atoms with Crippen LogP contribution >= 0.6 is 11.6 Å². The molecular formula is C30H18ClF10NO2. The van der Waals surface area contributed by atoms with E-state index in [9.17, 15) is 48.7 Å². The van der Waals surface area contributed by atoms with Crippen LogP contribution in [-0.4, -0.2) is 18.4 Å². The molecule has 0 radical (unpaired) electrons. The standard InChI is InChI=1S/C30H18ClF10NO2/c31-23-13-18(7-9-25(23)34)28(15-16-4-2-1-3-5-16,19-11-20(32)14-21(12-19)44-30(40,41)27(35)36)42-26(43)17-6-8-24(33)22(10-17)29(37,38)39/h1-14,27H,15H2,(H,42,43). The molecule has 0 fully saturated rings. The lowest BCUT2D eigenvalue weighted by Crippen LogP contribution is -2.49. The smallest absolute Gasteiger partial charge is 0.428 e. The molecule has 0 saturated carbocycles. The maximum atomic E-state index is 14.9. The van der Waals surface area contributed by atoms with Crippen LogP contribution in [0.15, 0.2) is 84.9 Å². The Morgan fingerprint density at radius 1 is 0.795 bits per heavy atom. The van der Waals surface area contributed by atoms with E-state index in [1.165, 1.54) is 12.1 Å². The molecular weight excluding hydrogens is 632 g/mol. The Labute approximate surface area is 248 Å². The molecule has 1 N–H and O–H groups in total. The third kappa shape index (κ3) is 7.09. The molecule has 0 spiro atoms. The van der Waals surface area contributed by atoms with E-state index in [2.05, 4.69) is 10.1 Å². The fraction of sp³-hybridized carbons (Fsp3) is 0.167. The molecule has 1 unspecified atom stereocenters. The van der Waals surface area contributed by atoms with E-state index < -0.39 is 81.5 Å². The number of halogens is 11. The number of ether oxygens (including phenoxy) is 1. The van der Waals surface area contributed by atoms with Gasteiger partial charge in [-0.15, -0.1) is 0 Å². The van der Waals surface area contributed by atoms with Crippen LogP contribution < -0.4 is 10.1 Å². The molecule has 0 saturated heterocycles. The Morgan fingerprint density at radius 2 is 1.45 bits per heavy atom. The average molecular weight is 650 g/mol. The first-order valence-corrected chi connectivity index (χ1v) is 12.7. The first kappa shape index (κ1) is 32.6. The van der Waals surface area contributed by atoms with E-state index in [4.69, 9.17) is 11.6 Å². The SMILES string of the molecule is O=C(NC(Cc1ccccc1)(c1cc(F)cc(OC(F)(F)C(F)F)c1)c1ccc(F)c(Cl)c1)c1ccc(F)c(C(F)(F)F)c1. The highest BCUT2D eigenvalue weighted by molar-refractivity contribution is 6.30. The van der Waals surface area contributed by atoms with E-state index in [1.807, 2.05) is 0 Å². The van der Waals surface area contributed by atoms with Crippen molar-refractivity contribution in [2.24, 2.45) is 0 Å². The van der Waals surface area contributed by atoms with Crippen molar-refractivity contribution in [1.82, 2.24) is 5.32 Å². The van der Waals surface area contributed by atoms with Gasteiger partial charge in [-0.05, 0) is 59.2 Å². The summed E-state index contributed by atoms with van der Waals surface area (Å²) in [6, 6.07) is 13.8. The first-order valence-electron chi connectivity index (χ1n) is 12.4. The Morgan fingerprint density at radius 3 is 2.07 bits per heavy atom. The largest absolute Gasteiger partial charge is 0.461 e. The predicted octanol–water partition coefficient (Wildman–Crippen LogP) is 8.93. The maximum Gasteiger partial charge on any atom is 0.461 e. The monoisotopic (exact) mass is 649 g/mol. The minimum atomic E-state index is -5.20. The summed E-state index contributed by atoms with van der Waals surface area (Å²) in [7, 11) is 0. The van der Waals surface area contributed by atoms with Crippen molar-refractivity contribution in [2.45, 2.75) is 30.7 Å². The lowest BCUT2D eigenvalue weighted by molar-refractivity contribution is -0.253. The van der Waals surface area contributed by atoms with Crippen molar-refractivity contribution >= 4 is 17.5 Å². The summed E-state index contributed by atoms with van der Waals surface area (Å²) in [4.78, 5) is 13.6. The molecule has 232 valence electrons. The summed E-state index contributed by atoms with van der Waals surface area (Å²) in [5.74, 6) is -6.32. The molecule has 0 aliphatic carbocycles. The van der Waals surface area contributed by atoms with Crippen molar-refractivity contribution in [3.63, 3.8) is 0 Å². The lowest BCUT2D eigenvalue weighted by Gasteiger charge is -2.37. The van der Waals surface area contributed by atoms with Crippen molar-refractivity contribution in [3.8, 4) is 5.75 Å². The zero-order valence-electron chi connectivity index (χ0n) is 21.8. The number of rotatable bonds is 9. The molecule has 14 heteroatoms. The Hall–Kier alpha value is -4.26. The van der Waals surface area contributed by atoms with Gasteiger partial charge in [-0.3, -0.25) is 4.79 Å². The van der Waals surface area contributed by atoms with Gasteiger partial charge in [-0.25, -0.2) is 13.2 Å². The number of carbonyl (C=O) groups is 1. The maximum absolute atomic E-state index is 14.9. The Kier molecular flexibility index (Phi) is 9.19. The number of nitrogens with one attached hydrogen (secondary N) is 1. The second-order valence-electron chi connectivity index (χ2n) is 9.48. The van der Waals surface area contributed by atoms with Crippen LogP contribution in [-0.2, 0) is 18.1 Å². The molecule has 0 aliphatic rings. The van der Waals surface area contributed by atoms with Gasteiger partial charge in [0.25, 0.3) is 5.91 Å². The highest BCUT2D eigenvalue weighted by Gasteiger charge is 2.45. The number of carbonyl (C=O) groups excluding carboxylic acids is 1. The normalized spacial score (nSPS) is 13.5. The molecule has 0 aliphatic heterocycles. The Balaban J connectivity index is 1.99. The van der Waals surface area contributed by atoms with E-state index in [-0.39, 0.29) is 11.6 Å². The van der Waals surface area contributed by atoms with Gasteiger partial charge < -0.3 is 10.1 Å². The van der Waals surface area contributed by atoms with Crippen molar-refractivity contribution < 1.29 is 53.4 Å². The van der Waals surface area contributed by atoms with E-state index >= 15 is 0 Å². The number of amides is 1. The van der Waals surface area contributed by atoms with E-state index in [0.29, 0.717) is 23.8 Å². The molecule has 0 aromatic heterocycles. The summed E-state index contributed by atoms with van der Waals surface area (Å²) in [6.07, 6.45) is -15.0. The van der Waals surface area contributed by atoms with Crippen molar-refractivity contribution in [2.75, 3.05) is 0 Å². The van der Waals surface area contributed by atoms with Crippen LogP contribution in [0.5, 0.6) is 5.75 Å². The molecule has 4 rings (SSSR count). The van der Waals surface area contributed by atoms with Crippen LogP contribution in [0.1, 0.15) is 32.6 Å². The molecule has 0 heterocycles. The fourth-order valence-corrected chi connectivity index (χ4v) is 4.62. The third-order valence-corrected chi connectivity index (χ3v) is 6.75. The van der Waals surface area contributed by atoms with E-state index in [0.717, 1.165) is 30.3 Å². The van der Waals surface area contributed by atoms with Crippen molar-refractivity contribution in [1.29, 1.82) is 0 Å². The second kappa shape index (κ2) is 12.4. The first-order chi connectivity index (χ1) is 20.5. The zero-order chi connectivity index (χ0) is 32.4. The molecule has 44 heavy (non-hydrogen) atoms. The number of alkyl halides is 7. The van der Waals surface area contributed by atoms with Gasteiger partial charge in [0, 0.05) is 18.1 Å². The van der Waals surface area contributed by atoms with Crippen LogP contribution in [0.4, 0.5) is 43.9 Å². The summed E-state index contributed by atoms with van der Waals surface area (Å²) < 4.78 is 141. The van der Waals surface area contributed by atoms with Crippen LogP contribution in [0.3, 0.4) is 0 Å². The predicted molar refractivity (Wildman–Crippen MR) is 139 cm³/mol. The molecule has 1 amide bonds. The average Bonchev–Trinajstić information content (AvgIpc) is 2.93. The van der Waals surface area contributed by atoms with E-state index in [1.54, 1.807) is 18.2 Å². The van der Waals surface area contributed by atoms with Gasteiger partial charge in [0.05, 0.1) is 16.1 Å².